The van der Waals surface area contributed by atoms with Crippen LogP contribution in [-0.4, -0.2) is 24.6 Å². The third-order valence-corrected chi connectivity index (χ3v) is 3.43. The molecule has 3 heteroatoms. The van der Waals surface area contributed by atoms with Crippen molar-refractivity contribution in [3.8, 4) is 0 Å². The van der Waals surface area contributed by atoms with Gasteiger partial charge in [-0.2, -0.15) is 0 Å². The average Bonchev–Trinajstić information content (AvgIpc) is 2.68. The summed E-state index contributed by atoms with van der Waals surface area (Å²) >= 11 is 0. The molecule has 3 rings (SSSR count). The van der Waals surface area contributed by atoms with Crippen molar-refractivity contribution in [1.82, 2.24) is 10.3 Å². The summed E-state index contributed by atoms with van der Waals surface area (Å²) < 4.78 is 0. The number of nitrogens with one attached hydrogen (secondary N) is 2. The lowest BCUT2D eigenvalue weighted by atomic mass is 10.0. The molecule has 0 radical (unpaired) electrons. The Labute approximate surface area is 145 Å². The minimum atomic E-state index is 0.973. The van der Waals surface area contributed by atoms with Crippen LogP contribution in [0.1, 0.15) is 73.3 Å². The Kier molecular flexibility index (Phi) is 19.9. The molecule has 1 fully saturated rings. The largest absolute Gasteiger partial charge is 0.370 e. The fraction of sp³-hybridized carbons (Fsp3) is 0.750. The first-order valence-corrected chi connectivity index (χ1v) is 9.75. The lowest BCUT2D eigenvalue weighted by Gasteiger charge is -2.17. The summed E-state index contributed by atoms with van der Waals surface area (Å²) in [5.41, 5.74) is 1.36. The van der Waals surface area contributed by atoms with Crippen molar-refractivity contribution in [2.75, 3.05) is 25.0 Å². The maximum absolute atomic E-state index is 4.21. The molecule has 3 nitrogen and oxygen atoms in total. The maximum atomic E-state index is 4.21. The number of nitrogens with zero attached hydrogens (tertiary/aromatic N) is 1. The number of pyridine rings is 1. The van der Waals surface area contributed by atoms with Gasteiger partial charge in [0.1, 0.15) is 5.82 Å². The van der Waals surface area contributed by atoms with Gasteiger partial charge in [-0.05, 0) is 56.3 Å². The molecule has 2 aliphatic heterocycles. The van der Waals surface area contributed by atoms with E-state index < -0.39 is 0 Å². The number of aryl methyl sites for hydroxylation is 1. The zero-order chi connectivity index (χ0) is 17.9. The van der Waals surface area contributed by atoms with E-state index >= 15 is 0 Å². The van der Waals surface area contributed by atoms with Gasteiger partial charge in [0, 0.05) is 12.7 Å². The normalized spacial score (nSPS) is 15.3. The van der Waals surface area contributed by atoms with E-state index in [4.69, 9.17) is 0 Å². The van der Waals surface area contributed by atoms with Crippen molar-refractivity contribution < 1.29 is 0 Å². The molecule has 1 saturated heterocycles. The Bertz CT molecular complexity index is 308. The number of hydrogen-bond acceptors (Lipinski definition) is 3. The Morgan fingerprint density at radius 3 is 2.04 bits per heavy atom. The summed E-state index contributed by atoms with van der Waals surface area (Å²) in [4.78, 5) is 4.21. The first-order valence-electron chi connectivity index (χ1n) is 9.75. The van der Waals surface area contributed by atoms with E-state index in [2.05, 4.69) is 28.6 Å². The lowest BCUT2D eigenvalue weighted by Crippen LogP contribution is -2.26. The van der Waals surface area contributed by atoms with E-state index in [1.807, 2.05) is 53.8 Å². The summed E-state index contributed by atoms with van der Waals surface area (Å²) in [6.07, 6.45) is 6.99. The monoisotopic (exact) mass is 323 g/mol. The number of aromatic nitrogens is 1. The molecule has 0 aromatic carbocycles. The molecule has 0 bridgehead atoms. The zero-order valence-electron chi connectivity index (χ0n) is 16.7. The van der Waals surface area contributed by atoms with Gasteiger partial charge < -0.3 is 10.6 Å². The number of piperidine rings is 1. The lowest BCUT2D eigenvalue weighted by molar-refractivity contribution is 0.402. The smallest absolute Gasteiger partial charge is 0.129 e. The van der Waals surface area contributed by atoms with Crippen molar-refractivity contribution in [2.24, 2.45) is 5.92 Å². The first kappa shape index (κ1) is 24.2. The topological polar surface area (TPSA) is 37.0 Å². The van der Waals surface area contributed by atoms with Gasteiger partial charge in [0.15, 0.2) is 0 Å². The predicted molar refractivity (Wildman–Crippen MR) is 106 cm³/mol. The van der Waals surface area contributed by atoms with Gasteiger partial charge in [0.2, 0.25) is 0 Å². The summed E-state index contributed by atoms with van der Waals surface area (Å²) in [5, 5.41) is 6.57. The standard InChI is InChI=1S/C8H10N2.C6H13N.3C2H6/c1-3-7-4-2-6-10-8(7)9-5-1;1-6-2-4-7-5-3-6;3*1-2/h1,3,5H,2,4,6H2,(H,9,10);6-7H,2-5H2,1H3;3*1-2H3. The molecule has 0 aliphatic carbocycles. The average molecular weight is 324 g/mol. The minimum absolute atomic E-state index is 0.973. The van der Waals surface area contributed by atoms with Crippen molar-refractivity contribution in [2.45, 2.75) is 74.1 Å². The number of anilines is 1. The second-order valence-corrected chi connectivity index (χ2v) is 4.97. The van der Waals surface area contributed by atoms with E-state index in [0.29, 0.717) is 0 Å². The SMILES string of the molecule is CC.CC.CC.CC1CCNCC1.c1cnc2c(c1)CCCN2. The molecule has 0 saturated carbocycles. The summed E-state index contributed by atoms with van der Waals surface area (Å²) in [7, 11) is 0. The first-order chi connectivity index (χ1) is 11.4. The molecule has 2 aliphatic rings. The highest BCUT2D eigenvalue weighted by atomic mass is 15.0. The van der Waals surface area contributed by atoms with E-state index in [1.54, 1.807) is 0 Å². The van der Waals surface area contributed by atoms with Crippen LogP contribution in [0.25, 0.3) is 0 Å². The van der Waals surface area contributed by atoms with E-state index in [1.165, 1.54) is 44.3 Å². The van der Waals surface area contributed by atoms with Crippen LogP contribution in [0.15, 0.2) is 18.3 Å². The Morgan fingerprint density at radius 1 is 0.957 bits per heavy atom. The number of hydrogen-bond donors (Lipinski definition) is 2. The highest BCUT2D eigenvalue weighted by Gasteiger charge is 2.06. The maximum Gasteiger partial charge on any atom is 0.129 e. The Balaban J connectivity index is 0. The molecule has 3 heterocycles. The van der Waals surface area contributed by atoms with Crippen LogP contribution < -0.4 is 10.6 Å². The van der Waals surface area contributed by atoms with Crippen molar-refractivity contribution in [1.29, 1.82) is 0 Å². The molecule has 136 valence electrons. The minimum Gasteiger partial charge on any atom is -0.370 e. The second kappa shape index (κ2) is 19.0. The summed E-state index contributed by atoms with van der Waals surface area (Å²) in [5.74, 6) is 2.05. The van der Waals surface area contributed by atoms with Crippen molar-refractivity contribution in [3.63, 3.8) is 0 Å². The molecule has 1 aromatic heterocycles. The van der Waals surface area contributed by atoms with E-state index in [9.17, 15) is 0 Å². The van der Waals surface area contributed by atoms with Crippen molar-refractivity contribution >= 4 is 5.82 Å². The van der Waals surface area contributed by atoms with Crippen LogP contribution in [0.3, 0.4) is 0 Å². The summed E-state index contributed by atoms with van der Waals surface area (Å²) in [6, 6.07) is 4.13. The predicted octanol–water partition coefficient (Wildman–Crippen LogP) is 5.52. The van der Waals surface area contributed by atoms with Crippen LogP contribution >= 0.6 is 0 Å². The van der Waals surface area contributed by atoms with Gasteiger partial charge in [-0.1, -0.05) is 54.5 Å². The molecule has 0 amide bonds. The van der Waals surface area contributed by atoms with Crippen LogP contribution in [0.2, 0.25) is 0 Å². The van der Waals surface area contributed by atoms with Gasteiger partial charge in [0.25, 0.3) is 0 Å². The summed E-state index contributed by atoms with van der Waals surface area (Å²) in [6.45, 7) is 17.9. The molecule has 0 spiro atoms. The van der Waals surface area contributed by atoms with E-state index in [0.717, 1.165) is 18.3 Å². The number of fused-ring (bicyclic) bond motifs is 1. The molecular weight excluding hydrogens is 282 g/mol. The Hall–Kier alpha value is -1.09. The molecule has 23 heavy (non-hydrogen) atoms. The van der Waals surface area contributed by atoms with Crippen LogP contribution in [0, 0.1) is 5.92 Å². The molecule has 0 atom stereocenters. The molecule has 2 N–H and O–H groups in total. The van der Waals surface area contributed by atoms with Gasteiger partial charge in [-0.15, -0.1) is 0 Å². The fourth-order valence-corrected chi connectivity index (χ4v) is 2.25. The highest BCUT2D eigenvalue weighted by Crippen LogP contribution is 2.17. The zero-order valence-corrected chi connectivity index (χ0v) is 16.7. The van der Waals surface area contributed by atoms with E-state index in [-0.39, 0.29) is 0 Å². The van der Waals surface area contributed by atoms with Gasteiger partial charge in [-0.3, -0.25) is 0 Å². The van der Waals surface area contributed by atoms with Gasteiger partial charge >= 0.3 is 0 Å². The molecular formula is C20H41N3. The fourth-order valence-electron chi connectivity index (χ4n) is 2.25. The van der Waals surface area contributed by atoms with Gasteiger partial charge in [-0.25, -0.2) is 4.98 Å². The third kappa shape index (κ3) is 12.1. The van der Waals surface area contributed by atoms with Crippen LogP contribution in [0.4, 0.5) is 5.82 Å². The molecule has 1 aromatic rings. The second-order valence-electron chi connectivity index (χ2n) is 4.97. The van der Waals surface area contributed by atoms with Crippen molar-refractivity contribution in [3.05, 3.63) is 23.9 Å². The Morgan fingerprint density at radius 2 is 1.57 bits per heavy atom. The van der Waals surface area contributed by atoms with Crippen LogP contribution in [-0.2, 0) is 6.42 Å². The molecule has 0 unspecified atom stereocenters. The highest BCUT2D eigenvalue weighted by molar-refractivity contribution is 5.45. The van der Waals surface area contributed by atoms with Crippen LogP contribution in [0.5, 0.6) is 0 Å². The third-order valence-electron chi connectivity index (χ3n) is 3.43. The quantitative estimate of drug-likeness (QED) is 0.659. The van der Waals surface area contributed by atoms with Gasteiger partial charge in [0.05, 0.1) is 0 Å². The number of rotatable bonds is 0.